The molecule has 1 amide bonds. The Hall–Kier alpha value is -4.37. The van der Waals surface area contributed by atoms with Crippen LogP contribution in [0.3, 0.4) is 0 Å². The van der Waals surface area contributed by atoms with E-state index in [1.165, 1.54) is 13.2 Å². The molecule has 248 valence electrons. The number of fused-ring (bicyclic) bond motifs is 3. The molecule has 2 heterocycles. The van der Waals surface area contributed by atoms with Crippen LogP contribution in [-0.4, -0.2) is 81.8 Å². The zero-order valence-electron chi connectivity index (χ0n) is 26.2. The second-order valence-corrected chi connectivity index (χ2v) is 18.5. The lowest BCUT2D eigenvalue weighted by atomic mass is 9.91. The number of aromatic nitrogens is 2. The van der Waals surface area contributed by atoms with Crippen molar-refractivity contribution in [1.82, 2.24) is 15.3 Å². The number of amides is 1. The molecule has 0 bridgehead atoms. The van der Waals surface area contributed by atoms with Crippen LogP contribution >= 0.6 is 0 Å². The zero-order chi connectivity index (χ0) is 34.4. The molecule has 2 aromatic heterocycles. The monoisotopic (exact) mass is 703 g/mol. The van der Waals surface area contributed by atoms with Gasteiger partial charge in [0.2, 0.25) is 0 Å². The van der Waals surface area contributed by atoms with Crippen molar-refractivity contribution >= 4 is 69.0 Å². The summed E-state index contributed by atoms with van der Waals surface area (Å²) in [5, 5.41) is 25.4. The highest BCUT2D eigenvalue weighted by Gasteiger charge is 2.38. The van der Waals surface area contributed by atoms with Crippen molar-refractivity contribution in [3.63, 3.8) is 0 Å². The van der Waals surface area contributed by atoms with Crippen LogP contribution in [0.15, 0.2) is 65.4 Å². The summed E-state index contributed by atoms with van der Waals surface area (Å²) in [7, 11) is -0.675. The largest absolute Gasteiger partial charge is 0.508 e. The van der Waals surface area contributed by atoms with Crippen molar-refractivity contribution in [2.45, 2.75) is 43.9 Å². The highest BCUT2D eigenvalue weighted by atomic mass is 33.1. The number of benzene rings is 1. The number of hydrogen-bond acceptors (Lipinski definition) is 10. The van der Waals surface area contributed by atoms with Crippen molar-refractivity contribution < 1.29 is 34.1 Å². The molecule has 10 nitrogen and oxygen atoms in total. The summed E-state index contributed by atoms with van der Waals surface area (Å²) in [6, 6.07) is 5.57. The number of aliphatic hydroxyl groups is 1. The fourth-order valence-corrected chi connectivity index (χ4v) is 6.46. The standard InChI is InChI=1S/C35H33N3O7S3/c1-44-35(43)38-32-24-9-5-3-4-6-11-30(31(24)23(15-18-48(2,46)47)28(41)20-29(32)42)45-17-8-7-10-27(40)34-33-22(14-16-36-34)25-19-21(39)12-13-26(25)37-33/h3-4,12-16,19,28,30,32,37,39,41H,7-8,10,17-18,20H2,1-2H3,(H,38,43)/b4-3-,23-15-/t28-,30-,32?/m0/s1. The summed E-state index contributed by atoms with van der Waals surface area (Å²) < 4.78 is 11.1. The van der Waals surface area contributed by atoms with Gasteiger partial charge in [0.15, 0.2) is 11.6 Å². The van der Waals surface area contributed by atoms with Crippen molar-refractivity contribution in [2.24, 2.45) is 0 Å². The number of pyridine rings is 1. The van der Waals surface area contributed by atoms with Crippen molar-refractivity contribution in [3.05, 3.63) is 71.1 Å². The molecule has 2 aliphatic carbocycles. The van der Waals surface area contributed by atoms with Crippen LogP contribution < -0.4 is 5.32 Å². The lowest BCUT2D eigenvalue weighted by Gasteiger charge is -2.23. The number of carbonyl (C=O) groups excluding carboxylic acids is 3. The summed E-state index contributed by atoms with van der Waals surface area (Å²) in [6.07, 6.45) is 5.99. The van der Waals surface area contributed by atoms with E-state index in [0.29, 0.717) is 41.0 Å². The number of aromatic hydroxyl groups is 1. The molecule has 0 aliphatic heterocycles. The van der Waals surface area contributed by atoms with E-state index < -0.39 is 37.3 Å². The molecule has 0 saturated heterocycles. The molecular formula is C35H33N3O7S3. The molecule has 2 aliphatic rings. The van der Waals surface area contributed by atoms with Gasteiger partial charge in [0.1, 0.15) is 23.6 Å². The smallest absolute Gasteiger partial charge is 0.407 e. The van der Waals surface area contributed by atoms with Gasteiger partial charge in [-0.25, -0.2) is 4.79 Å². The van der Waals surface area contributed by atoms with Gasteiger partial charge in [-0.1, -0.05) is 36.9 Å². The van der Waals surface area contributed by atoms with E-state index in [4.69, 9.17) is 31.8 Å². The number of Topliss-reactive ketones (excluding diaryl/α,β-unsaturated/α-hetero) is 2. The van der Waals surface area contributed by atoms with E-state index in [1.54, 1.807) is 48.9 Å². The zero-order valence-corrected chi connectivity index (χ0v) is 28.7. The molecule has 3 aromatic rings. The van der Waals surface area contributed by atoms with Crippen molar-refractivity contribution in [1.29, 1.82) is 0 Å². The topological polar surface area (TPSA) is 151 Å². The van der Waals surface area contributed by atoms with Crippen molar-refractivity contribution in [2.75, 3.05) is 25.7 Å². The number of hydrogen-bond donors (Lipinski definition) is 4. The van der Waals surface area contributed by atoms with Gasteiger partial charge in [0.25, 0.3) is 0 Å². The molecule has 1 unspecified atom stereocenters. The summed E-state index contributed by atoms with van der Waals surface area (Å²) in [5.74, 6) is 11.6. The van der Waals surface area contributed by atoms with Gasteiger partial charge in [0, 0.05) is 58.8 Å². The van der Waals surface area contributed by atoms with E-state index in [0.717, 1.165) is 16.3 Å². The minimum absolute atomic E-state index is 0.131. The molecule has 0 radical (unpaired) electrons. The number of ether oxygens (including phenoxy) is 2. The predicted molar refractivity (Wildman–Crippen MR) is 191 cm³/mol. The Balaban J connectivity index is 1.38. The molecule has 5 rings (SSSR count). The number of unbranched alkanes of at least 4 members (excludes halogenated alkanes) is 1. The fourth-order valence-electron chi connectivity index (χ4n) is 5.57. The van der Waals surface area contributed by atoms with E-state index in [1.807, 2.05) is 0 Å². The van der Waals surface area contributed by atoms with E-state index in [9.17, 15) is 24.6 Å². The number of allylic oxidation sites excluding steroid dienone is 2. The molecule has 0 fully saturated rings. The maximum atomic E-state index is 13.4. The fraction of sp³-hybridized carbons (Fsp3) is 0.314. The highest BCUT2D eigenvalue weighted by molar-refractivity contribution is 8.56. The van der Waals surface area contributed by atoms with Gasteiger partial charge in [-0.05, 0) is 83.5 Å². The summed E-state index contributed by atoms with van der Waals surface area (Å²) >= 11 is 10.9. The summed E-state index contributed by atoms with van der Waals surface area (Å²) in [5.41, 5.74) is 2.68. The predicted octanol–water partition coefficient (Wildman–Crippen LogP) is 3.73. The average Bonchev–Trinajstić information content (AvgIpc) is 3.41. The molecule has 0 spiro atoms. The minimum Gasteiger partial charge on any atom is -0.508 e. The van der Waals surface area contributed by atoms with Crippen LogP contribution in [0.4, 0.5) is 4.79 Å². The van der Waals surface area contributed by atoms with Gasteiger partial charge in [-0.15, -0.1) is 0 Å². The molecule has 48 heavy (non-hydrogen) atoms. The molecule has 4 N–H and O–H groups in total. The number of nitrogens with one attached hydrogen (secondary N) is 2. The number of rotatable bonds is 10. The van der Waals surface area contributed by atoms with Crippen LogP contribution in [0.25, 0.3) is 21.8 Å². The molecule has 1 aromatic carbocycles. The molecule has 3 atom stereocenters. The van der Waals surface area contributed by atoms with Gasteiger partial charge in [0.05, 0.1) is 18.7 Å². The first-order valence-corrected chi connectivity index (χ1v) is 19.1. The van der Waals surface area contributed by atoms with Crippen molar-refractivity contribution in [3.8, 4) is 29.4 Å². The minimum atomic E-state index is -1.86. The summed E-state index contributed by atoms with van der Waals surface area (Å²) in [6.45, 7) is 0.182. The van der Waals surface area contributed by atoms with Gasteiger partial charge < -0.3 is 30.0 Å². The first-order chi connectivity index (χ1) is 23.0. The Kier molecular flexibility index (Phi) is 11.1. The average molecular weight is 704 g/mol. The number of aliphatic hydroxyl groups excluding tert-OH is 1. The van der Waals surface area contributed by atoms with Gasteiger partial charge >= 0.3 is 6.09 Å². The normalized spacial score (nSPS) is 20.8. The number of aromatic amines is 1. The Morgan fingerprint density at radius 1 is 1.19 bits per heavy atom. The van der Waals surface area contributed by atoms with Gasteiger partial charge in [-0.2, -0.15) is 0 Å². The van der Waals surface area contributed by atoms with E-state index in [2.05, 4.69) is 39.0 Å². The number of nitrogens with zero attached hydrogens (tertiary/aromatic N) is 1. The molecule has 0 saturated carbocycles. The lowest BCUT2D eigenvalue weighted by molar-refractivity contribution is -0.121. The Labute approximate surface area is 287 Å². The SMILES string of the molecule is COC(=O)NC1C(=O)C[C@H](O)/C(=C/CS(C)(=S)=S)C2=C1C#C/C=C\C#C[C@@H]2OCCCCC(=O)c1nccc2c1[nH]c1ccc(O)cc12. The number of phenols is 1. The Morgan fingerprint density at radius 3 is 2.75 bits per heavy atom. The van der Waals surface area contributed by atoms with E-state index >= 15 is 0 Å². The first kappa shape index (κ1) is 35.0. The van der Waals surface area contributed by atoms with E-state index in [-0.39, 0.29) is 36.6 Å². The number of H-pyrrole nitrogens is 1. The number of ketones is 2. The molecule has 13 heteroatoms. The number of carbonyl (C=O) groups is 3. The number of methoxy groups -OCH3 is 1. The maximum Gasteiger partial charge on any atom is 0.407 e. The third kappa shape index (κ3) is 8.19. The second kappa shape index (κ2) is 15.2. The first-order valence-electron chi connectivity index (χ1n) is 15.1. The van der Waals surface area contributed by atoms with Crippen LogP contribution in [0.1, 0.15) is 36.2 Å². The third-order valence-corrected chi connectivity index (χ3v) is 9.39. The highest BCUT2D eigenvalue weighted by Crippen LogP contribution is 2.33. The second-order valence-electron chi connectivity index (χ2n) is 11.3. The third-order valence-electron chi connectivity index (χ3n) is 7.80. The lowest BCUT2D eigenvalue weighted by Crippen LogP contribution is -2.42. The Bertz CT molecular complexity index is 2130. The van der Waals surface area contributed by atoms with Gasteiger partial charge in [-0.3, -0.25) is 14.6 Å². The summed E-state index contributed by atoms with van der Waals surface area (Å²) in [4.78, 5) is 46.5. The number of alkyl carbamates (subject to hydrolysis) is 1. The van der Waals surface area contributed by atoms with Crippen LogP contribution in [0.5, 0.6) is 5.75 Å². The maximum absolute atomic E-state index is 13.4. The van der Waals surface area contributed by atoms with Crippen LogP contribution in [0.2, 0.25) is 0 Å². The molecular weight excluding hydrogens is 671 g/mol. The Morgan fingerprint density at radius 2 is 1.98 bits per heavy atom. The van der Waals surface area contributed by atoms with Crippen LogP contribution in [-0.2, 0) is 43.8 Å². The quantitative estimate of drug-likeness (QED) is 0.140. The number of phenolic OH excluding ortho intramolecular Hbond substituents is 1. The van der Waals surface area contributed by atoms with Crippen LogP contribution in [0, 0.1) is 23.7 Å².